The van der Waals surface area contributed by atoms with E-state index in [-0.39, 0.29) is 12.0 Å². The van der Waals surface area contributed by atoms with Crippen LogP contribution in [-0.4, -0.2) is 48.5 Å². The number of hydrogen-bond acceptors (Lipinski definition) is 8. The molecule has 0 bridgehead atoms. The first-order chi connectivity index (χ1) is 16.1. The molecule has 0 aliphatic carbocycles. The van der Waals surface area contributed by atoms with Crippen molar-refractivity contribution in [2.75, 3.05) is 25.0 Å². The van der Waals surface area contributed by atoms with E-state index in [2.05, 4.69) is 21.2 Å². The van der Waals surface area contributed by atoms with E-state index >= 15 is 0 Å². The second kappa shape index (κ2) is 9.77. The maximum Gasteiger partial charge on any atom is 0.410 e. The van der Waals surface area contributed by atoms with Crippen LogP contribution >= 0.6 is 23.2 Å². The van der Waals surface area contributed by atoms with Gasteiger partial charge in [-0.15, -0.1) is 0 Å². The maximum atomic E-state index is 12.0. The zero-order valence-corrected chi connectivity index (χ0v) is 20.7. The zero-order chi connectivity index (χ0) is 24.5. The Bertz CT molecular complexity index is 1060. The van der Waals surface area contributed by atoms with Gasteiger partial charge in [0, 0.05) is 30.3 Å². The lowest BCUT2D eigenvalue weighted by atomic mass is 10.0. The van der Waals surface area contributed by atoms with Crippen molar-refractivity contribution in [2.45, 2.75) is 32.7 Å². The van der Waals surface area contributed by atoms with Gasteiger partial charge < -0.3 is 25.4 Å². The summed E-state index contributed by atoms with van der Waals surface area (Å²) in [6.07, 6.45) is -0.697. The number of nitrogens with two attached hydrogens (primary N) is 1. The number of halogens is 2. The van der Waals surface area contributed by atoms with E-state index in [4.69, 9.17) is 38.4 Å². The summed E-state index contributed by atoms with van der Waals surface area (Å²) in [6, 6.07) is 11.2. The Morgan fingerprint density at radius 1 is 1.21 bits per heavy atom. The number of likely N-dealkylation sites (tertiary alicyclic amines) is 1. The Morgan fingerprint density at radius 2 is 1.85 bits per heavy atom. The number of aliphatic imine (C=N–C) groups is 1. The van der Waals surface area contributed by atoms with Crippen LogP contribution in [0.1, 0.15) is 20.8 Å². The minimum absolute atomic E-state index is 0.278. The zero-order valence-electron chi connectivity index (χ0n) is 19.2. The van der Waals surface area contributed by atoms with Gasteiger partial charge in [-0.05, 0) is 50.6 Å². The normalized spacial score (nSPS) is 18.1. The summed E-state index contributed by atoms with van der Waals surface area (Å²) in [6.45, 7) is 7.36. The minimum Gasteiger partial charge on any atom is -0.493 e. The van der Waals surface area contributed by atoms with Crippen LogP contribution in [0.15, 0.2) is 41.4 Å². The lowest BCUT2D eigenvalue weighted by Gasteiger charge is -2.39. The SMILES string of the molecule is CC(C)(C)OC(=O)N1CC(COc2ccc(-c3c(Cl)cc(NC4N=C(N)NN4)cc3Cl)cc2)C1. The fourth-order valence-corrected chi connectivity index (χ4v) is 4.29. The first-order valence-electron chi connectivity index (χ1n) is 10.9. The maximum absolute atomic E-state index is 12.0. The molecule has 1 unspecified atom stereocenters. The average Bonchev–Trinajstić information content (AvgIpc) is 3.10. The third kappa shape index (κ3) is 5.97. The van der Waals surface area contributed by atoms with Crippen molar-refractivity contribution in [1.82, 2.24) is 15.8 Å². The Labute approximate surface area is 208 Å². The Morgan fingerprint density at radius 3 is 2.41 bits per heavy atom. The molecule has 4 rings (SSSR count). The Kier molecular flexibility index (Phi) is 6.97. The molecule has 2 aromatic rings. The molecule has 1 amide bonds. The largest absolute Gasteiger partial charge is 0.493 e. The molecular formula is C23H28Cl2N6O3. The third-order valence-corrected chi connectivity index (χ3v) is 5.78. The number of carbonyl (C=O) groups is 1. The molecule has 1 saturated heterocycles. The molecule has 34 heavy (non-hydrogen) atoms. The van der Waals surface area contributed by atoms with Gasteiger partial charge >= 0.3 is 6.09 Å². The van der Waals surface area contributed by atoms with Gasteiger partial charge in [-0.25, -0.2) is 9.79 Å². The molecule has 2 aliphatic heterocycles. The first kappa shape index (κ1) is 24.3. The molecule has 2 aromatic carbocycles. The fraction of sp³-hybridized carbons (Fsp3) is 0.391. The van der Waals surface area contributed by atoms with Crippen LogP contribution in [0.25, 0.3) is 11.1 Å². The molecule has 0 spiro atoms. The van der Waals surface area contributed by atoms with Gasteiger partial charge in [0.05, 0.1) is 16.7 Å². The van der Waals surface area contributed by atoms with Crippen LogP contribution in [0, 0.1) is 5.92 Å². The smallest absolute Gasteiger partial charge is 0.410 e. The Balaban J connectivity index is 1.31. The summed E-state index contributed by atoms with van der Waals surface area (Å²) in [5.74, 6) is 1.31. The van der Waals surface area contributed by atoms with Crippen LogP contribution in [-0.2, 0) is 4.74 Å². The van der Waals surface area contributed by atoms with E-state index in [1.54, 1.807) is 17.0 Å². The molecule has 0 radical (unpaired) electrons. The lowest BCUT2D eigenvalue weighted by Crippen LogP contribution is -2.53. The minimum atomic E-state index is -0.489. The standard InChI is InChI=1S/C23H28Cl2N6O3/c1-23(2,3)34-22(32)31-10-13(11-31)12-33-16-6-4-14(5-7-16)19-17(24)8-15(9-18(19)25)27-21-28-20(26)29-30-21/h4-9,13,21,27,30H,10-12H2,1-3H3,(H3,26,28,29). The number of nitrogens with one attached hydrogen (secondary N) is 3. The molecule has 2 heterocycles. The van der Waals surface area contributed by atoms with Gasteiger partial charge in [0.1, 0.15) is 11.4 Å². The average molecular weight is 507 g/mol. The number of guanidine groups is 1. The number of benzene rings is 2. The second-order valence-electron chi connectivity index (χ2n) is 9.23. The van der Waals surface area contributed by atoms with E-state index in [0.717, 1.165) is 16.9 Å². The quantitative estimate of drug-likeness (QED) is 0.467. The van der Waals surface area contributed by atoms with Crippen molar-refractivity contribution in [3.05, 3.63) is 46.4 Å². The van der Waals surface area contributed by atoms with Crippen LogP contribution in [0.4, 0.5) is 10.5 Å². The molecule has 9 nitrogen and oxygen atoms in total. The third-order valence-electron chi connectivity index (χ3n) is 5.19. The summed E-state index contributed by atoms with van der Waals surface area (Å²) in [5.41, 5.74) is 13.0. The number of hydrogen-bond donors (Lipinski definition) is 4. The van der Waals surface area contributed by atoms with Crippen molar-refractivity contribution < 1.29 is 14.3 Å². The van der Waals surface area contributed by atoms with Crippen LogP contribution in [0.2, 0.25) is 10.0 Å². The van der Waals surface area contributed by atoms with Crippen molar-refractivity contribution >= 4 is 40.9 Å². The summed E-state index contributed by atoms with van der Waals surface area (Å²) < 4.78 is 11.3. The molecule has 0 saturated carbocycles. The summed E-state index contributed by atoms with van der Waals surface area (Å²) in [7, 11) is 0. The van der Waals surface area contributed by atoms with E-state index in [1.165, 1.54) is 0 Å². The summed E-state index contributed by atoms with van der Waals surface area (Å²) >= 11 is 13.1. The van der Waals surface area contributed by atoms with Gasteiger partial charge in [-0.1, -0.05) is 35.3 Å². The number of nitrogens with zero attached hydrogens (tertiary/aromatic N) is 2. The summed E-state index contributed by atoms with van der Waals surface area (Å²) in [4.78, 5) is 17.9. The molecule has 1 atom stereocenters. The molecule has 2 aliphatic rings. The number of rotatable bonds is 6. The van der Waals surface area contributed by atoms with Gasteiger partial charge in [0.15, 0.2) is 6.29 Å². The van der Waals surface area contributed by atoms with Crippen LogP contribution < -0.4 is 26.6 Å². The van der Waals surface area contributed by atoms with Crippen molar-refractivity contribution in [3.8, 4) is 16.9 Å². The highest BCUT2D eigenvalue weighted by molar-refractivity contribution is 6.39. The van der Waals surface area contributed by atoms with E-state index in [0.29, 0.717) is 41.4 Å². The number of anilines is 1. The highest BCUT2D eigenvalue weighted by Gasteiger charge is 2.34. The van der Waals surface area contributed by atoms with Crippen molar-refractivity contribution in [1.29, 1.82) is 0 Å². The predicted molar refractivity (Wildman–Crippen MR) is 134 cm³/mol. The second-order valence-corrected chi connectivity index (χ2v) is 10.0. The first-order valence-corrected chi connectivity index (χ1v) is 11.6. The molecule has 5 N–H and O–H groups in total. The predicted octanol–water partition coefficient (Wildman–Crippen LogP) is 4.02. The lowest BCUT2D eigenvalue weighted by molar-refractivity contribution is -0.00781. The number of carbonyl (C=O) groups excluding carboxylic acids is 1. The van der Waals surface area contributed by atoms with E-state index in [9.17, 15) is 4.79 Å². The topological polar surface area (TPSA) is 113 Å². The van der Waals surface area contributed by atoms with Crippen molar-refractivity contribution in [3.63, 3.8) is 0 Å². The van der Waals surface area contributed by atoms with Crippen LogP contribution in [0.5, 0.6) is 5.75 Å². The highest BCUT2D eigenvalue weighted by atomic mass is 35.5. The van der Waals surface area contributed by atoms with Gasteiger partial charge in [0.2, 0.25) is 5.96 Å². The molecule has 1 fully saturated rings. The Hall–Kier alpha value is -2.88. The van der Waals surface area contributed by atoms with Crippen LogP contribution in [0.3, 0.4) is 0 Å². The number of hydrazine groups is 1. The molecule has 11 heteroatoms. The molecular weight excluding hydrogens is 479 g/mol. The fourth-order valence-electron chi connectivity index (χ4n) is 3.59. The van der Waals surface area contributed by atoms with Gasteiger partial charge in [0.25, 0.3) is 0 Å². The molecule has 182 valence electrons. The van der Waals surface area contributed by atoms with Gasteiger partial charge in [-0.3, -0.25) is 5.43 Å². The number of ether oxygens (including phenoxy) is 2. The monoisotopic (exact) mass is 506 g/mol. The van der Waals surface area contributed by atoms with E-state index in [1.807, 2.05) is 45.0 Å². The van der Waals surface area contributed by atoms with E-state index < -0.39 is 11.9 Å². The molecule has 0 aromatic heterocycles. The van der Waals surface area contributed by atoms with Crippen molar-refractivity contribution in [2.24, 2.45) is 16.6 Å². The summed E-state index contributed by atoms with van der Waals surface area (Å²) in [5, 5.41) is 4.14. The number of amides is 1. The van der Waals surface area contributed by atoms with Gasteiger partial charge in [-0.2, -0.15) is 5.43 Å². The highest BCUT2D eigenvalue weighted by Crippen LogP contribution is 2.38.